The van der Waals surface area contributed by atoms with E-state index in [0.717, 1.165) is 12.0 Å². The molecule has 0 aromatic heterocycles. The molecule has 0 aliphatic carbocycles. The molecule has 2 rings (SSSR count). The van der Waals surface area contributed by atoms with Crippen LogP contribution < -0.4 is 19.5 Å². The van der Waals surface area contributed by atoms with Crippen LogP contribution in [0.25, 0.3) is 0 Å². The van der Waals surface area contributed by atoms with Crippen molar-refractivity contribution in [1.82, 2.24) is 5.32 Å². The highest BCUT2D eigenvalue weighted by molar-refractivity contribution is 5.95. The van der Waals surface area contributed by atoms with Gasteiger partial charge in [0.2, 0.25) is 0 Å². The second kappa shape index (κ2) is 11.2. The van der Waals surface area contributed by atoms with E-state index in [1.54, 1.807) is 0 Å². The second-order valence-electron chi connectivity index (χ2n) is 7.37. The molecule has 0 spiro atoms. The molecular formula is C24H31NO6. The topological polar surface area (TPSA) is 83.1 Å². The molecule has 1 N–H and O–H groups in total. The third kappa shape index (κ3) is 6.13. The molecule has 0 fully saturated rings. The maximum Gasteiger partial charge on any atom is 0.342 e. The SMILES string of the molecule is CCc1ccc([C@@H](NC(=O)COC(=O)c2cc(OC)c(OC)cc2OC)C(C)C)cc1. The van der Waals surface area contributed by atoms with Crippen molar-refractivity contribution in [1.29, 1.82) is 0 Å². The first-order valence-electron chi connectivity index (χ1n) is 10.2. The van der Waals surface area contributed by atoms with Gasteiger partial charge in [0.15, 0.2) is 18.1 Å². The number of esters is 1. The minimum Gasteiger partial charge on any atom is -0.496 e. The first-order valence-corrected chi connectivity index (χ1v) is 10.2. The van der Waals surface area contributed by atoms with Crippen LogP contribution in [0, 0.1) is 5.92 Å². The number of benzene rings is 2. The molecule has 0 unspecified atom stereocenters. The highest BCUT2D eigenvalue weighted by Crippen LogP contribution is 2.35. The minimum absolute atomic E-state index is 0.142. The molecule has 1 atom stereocenters. The number of carbonyl (C=O) groups is 2. The molecule has 0 saturated heterocycles. The zero-order valence-corrected chi connectivity index (χ0v) is 19.0. The summed E-state index contributed by atoms with van der Waals surface area (Å²) in [5.74, 6) is 0.127. The van der Waals surface area contributed by atoms with Crippen LogP contribution in [0.1, 0.15) is 48.3 Å². The van der Waals surface area contributed by atoms with Crippen molar-refractivity contribution in [2.75, 3.05) is 27.9 Å². The van der Waals surface area contributed by atoms with Gasteiger partial charge in [0.25, 0.3) is 5.91 Å². The number of carbonyl (C=O) groups excluding carboxylic acids is 2. The number of aryl methyl sites for hydroxylation is 1. The zero-order valence-electron chi connectivity index (χ0n) is 19.0. The Morgan fingerprint density at radius 1 is 0.903 bits per heavy atom. The molecule has 2 aromatic carbocycles. The highest BCUT2D eigenvalue weighted by atomic mass is 16.5. The summed E-state index contributed by atoms with van der Waals surface area (Å²) in [5.41, 5.74) is 2.38. The van der Waals surface area contributed by atoms with Crippen molar-refractivity contribution in [3.05, 3.63) is 53.1 Å². The molecule has 0 heterocycles. The summed E-state index contributed by atoms with van der Waals surface area (Å²) >= 11 is 0. The molecule has 2 aromatic rings. The van der Waals surface area contributed by atoms with Crippen LogP contribution in [0.2, 0.25) is 0 Å². The van der Waals surface area contributed by atoms with Gasteiger partial charge in [-0.1, -0.05) is 45.0 Å². The van der Waals surface area contributed by atoms with Crippen LogP contribution >= 0.6 is 0 Å². The van der Waals surface area contributed by atoms with E-state index in [9.17, 15) is 9.59 Å². The second-order valence-corrected chi connectivity index (χ2v) is 7.37. The standard InChI is InChI=1S/C24H31NO6/c1-7-16-8-10-17(11-9-16)23(15(2)3)25-22(26)14-31-24(27)18-12-20(29-5)21(30-6)13-19(18)28-4/h8-13,15,23H,7,14H2,1-6H3,(H,25,26)/t23-/m0/s1. The van der Waals surface area contributed by atoms with Crippen LogP contribution in [0.4, 0.5) is 0 Å². The minimum atomic E-state index is -0.693. The third-order valence-corrected chi connectivity index (χ3v) is 4.99. The van der Waals surface area contributed by atoms with Gasteiger partial charge in [0.1, 0.15) is 11.3 Å². The molecule has 0 radical (unpaired) electrons. The Labute approximate surface area is 183 Å². The maximum absolute atomic E-state index is 12.6. The van der Waals surface area contributed by atoms with Gasteiger partial charge in [-0.05, 0) is 23.5 Å². The molecular weight excluding hydrogens is 398 g/mol. The van der Waals surface area contributed by atoms with Crippen molar-refractivity contribution in [3.8, 4) is 17.2 Å². The normalized spacial score (nSPS) is 11.6. The number of hydrogen-bond donors (Lipinski definition) is 1. The van der Waals surface area contributed by atoms with Gasteiger partial charge in [0.05, 0.1) is 27.4 Å². The van der Waals surface area contributed by atoms with Gasteiger partial charge in [-0.2, -0.15) is 0 Å². The molecule has 168 valence electrons. The van der Waals surface area contributed by atoms with E-state index in [1.807, 2.05) is 26.0 Å². The first kappa shape index (κ1) is 24.1. The Kier molecular flexibility index (Phi) is 8.73. The van der Waals surface area contributed by atoms with Crippen LogP contribution in [0.3, 0.4) is 0 Å². The third-order valence-electron chi connectivity index (χ3n) is 4.99. The van der Waals surface area contributed by atoms with Gasteiger partial charge in [-0.15, -0.1) is 0 Å². The van der Waals surface area contributed by atoms with Gasteiger partial charge in [-0.25, -0.2) is 4.79 Å². The molecule has 7 nitrogen and oxygen atoms in total. The van der Waals surface area contributed by atoms with E-state index in [-0.39, 0.29) is 29.2 Å². The zero-order chi connectivity index (χ0) is 23.0. The average Bonchev–Trinajstić information content (AvgIpc) is 2.79. The van der Waals surface area contributed by atoms with Crippen molar-refractivity contribution >= 4 is 11.9 Å². The highest BCUT2D eigenvalue weighted by Gasteiger charge is 2.22. The van der Waals surface area contributed by atoms with Crippen molar-refractivity contribution in [2.45, 2.75) is 33.2 Å². The lowest BCUT2D eigenvalue weighted by molar-refractivity contribution is -0.125. The summed E-state index contributed by atoms with van der Waals surface area (Å²) < 4.78 is 20.9. The van der Waals surface area contributed by atoms with Gasteiger partial charge < -0.3 is 24.3 Å². The van der Waals surface area contributed by atoms with Gasteiger partial charge in [0, 0.05) is 12.1 Å². The van der Waals surface area contributed by atoms with E-state index in [4.69, 9.17) is 18.9 Å². The largest absolute Gasteiger partial charge is 0.496 e. The number of methoxy groups -OCH3 is 3. The van der Waals surface area contributed by atoms with Crippen molar-refractivity contribution < 1.29 is 28.5 Å². The Morgan fingerprint density at radius 2 is 1.48 bits per heavy atom. The predicted molar refractivity (Wildman–Crippen MR) is 118 cm³/mol. The number of amides is 1. The van der Waals surface area contributed by atoms with E-state index in [2.05, 4.69) is 24.4 Å². The molecule has 0 saturated carbocycles. The quantitative estimate of drug-likeness (QED) is 0.576. The molecule has 0 aliphatic heterocycles. The number of rotatable bonds is 10. The predicted octanol–water partition coefficient (Wildman–Crippen LogP) is 3.95. The summed E-state index contributed by atoms with van der Waals surface area (Å²) in [4.78, 5) is 25.1. The summed E-state index contributed by atoms with van der Waals surface area (Å²) in [6.07, 6.45) is 0.953. The van der Waals surface area contributed by atoms with Crippen LogP contribution in [-0.4, -0.2) is 39.8 Å². The number of nitrogens with one attached hydrogen (secondary N) is 1. The molecule has 1 amide bonds. The summed E-state index contributed by atoms with van der Waals surface area (Å²) in [5, 5.41) is 2.95. The smallest absolute Gasteiger partial charge is 0.342 e. The van der Waals surface area contributed by atoms with Crippen molar-refractivity contribution in [3.63, 3.8) is 0 Å². The Hall–Kier alpha value is -3.22. The Balaban J connectivity index is 2.07. The van der Waals surface area contributed by atoms with E-state index in [1.165, 1.54) is 39.0 Å². The lowest BCUT2D eigenvalue weighted by Crippen LogP contribution is -2.35. The monoisotopic (exact) mass is 429 g/mol. The average molecular weight is 430 g/mol. The fourth-order valence-corrected chi connectivity index (χ4v) is 3.21. The molecule has 0 bridgehead atoms. The maximum atomic E-state index is 12.6. The fourth-order valence-electron chi connectivity index (χ4n) is 3.21. The lowest BCUT2D eigenvalue weighted by Gasteiger charge is -2.23. The number of hydrogen-bond acceptors (Lipinski definition) is 6. The van der Waals surface area contributed by atoms with Crippen LogP contribution in [0.5, 0.6) is 17.2 Å². The van der Waals surface area contributed by atoms with E-state index >= 15 is 0 Å². The lowest BCUT2D eigenvalue weighted by atomic mass is 9.95. The summed E-state index contributed by atoms with van der Waals surface area (Å²) in [6.45, 7) is 5.74. The molecule has 7 heteroatoms. The van der Waals surface area contributed by atoms with Crippen LogP contribution in [0.15, 0.2) is 36.4 Å². The Morgan fingerprint density at radius 3 is 2.00 bits per heavy atom. The summed E-state index contributed by atoms with van der Waals surface area (Å²) in [7, 11) is 4.38. The van der Waals surface area contributed by atoms with E-state index in [0.29, 0.717) is 11.5 Å². The van der Waals surface area contributed by atoms with Gasteiger partial charge in [-0.3, -0.25) is 4.79 Å². The Bertz CT molecular complexity index is 892. The van der Waals surface area contributed by atoms with E-state index < -0.39 is 12.6 Å². The summed E-state index contributed by atoms with van der Waals surface area (Å²) in [6, 6.07) is 11.0. The van der Waals surface area contributed by atoms with Crippen LogP contribution in [-0.2, 0) is 16.0 Å². The molecule has 0 aliphatic rings. The molecule has 31 heavy (non-hydrogen) atoms. The van der Waals surface area contributed by atoms with Gasteiger partial charge >= 0.3 is 5.97 Å². The first-order chi connectivity index (χ1) is 14.8. The fraction of sp³-hybridized carbons (Fsp3) is 0.417. The van der Waals surface area contributed by atoms with Crippen molar-refractivity contribution in [2.24, 2.45) is 5.92 Å². The number of ether oxygens (including phenoxy) is 4.